The summed E-state index contributed by atoms with van der Waals surface area (Å²) in [6.45, 7) is 7.36. The normalized spacial score (nSPS) is 16.2. The molecule has 1 aliphatic rings. The molecule has 4 rings (SSSR count). The number of rotatable bonds is 5. The van der Waals surface area contributed by atoms with Gasteiger partial charge >= 0.3 is 5.97 Å². The van der Waals surface area contributed by atoms with Crippen molar-refractivity contribution in [2.45, 2.75) is 45.0 Å². The maximum Gasteiger partial charge on any atom is 0.337 e. The summed E-state index contributed by atoms with van der Waals surface area (Å²) in [5.74, 6) is -0.311. The molecule has 35 heavy (non-hydrogen) atoms. The number of fused-ring (bicyclic) bond motifs is 1. The summed E-state index contributed by atoms with van der Waals surface area (Å²) >= 11 is 7.70. The molecule has 0 bridgehead atoms. The minimum absolute atomic E-state index is 0.437. The van der Waals surface area contributed by atoms with Crippen LogP contribution in [0.15, 0.2) is 88.6 Å². The van der Waals surface area contributed by atoms with Crippen molar-refractivity contribution < 1.29 is 9.53 Å². The lowest BCUT2D eigenvalue weighted by molar-refractivity contribution is -0.150. The van der Waals surface area contributed by atoms with E-state index in [9.17, 15) is 10.1 Å². The maximum atomic E-state index is 13.3. The molecular weight excluding hydrogens is 476 g/mol. The Morgan fingerprint density at radius 1 is 1.09 bits per heavy atom. The lowest BCUT2D eigenvalue weighted by Crippen LogP contribution is -2.32. The zero-order chi connectivity index (χ0) is 25.2. The molecule has 0 aromatic heterocycles. The van der Waals surface area contributed by atoms with Crippen LogP contribution < -0.4 is 5.32 Å². The van der Waals surface area contributed by atoms with Gasteiger partial charge in [0.15, 0.2) is 0 Å². The molecule has 6 heteroatoms. The van der Waals surface area contributed by atoms with Crippen molar-refractivity contribution in [3.63, 3.8) is 0 Å². The Hall–Kier alpha value is -3.20. The van der Waals surface area contributed by atoms with Gasteiger partial charge in [0.1, 0.15) is 5.60 Å². The fraction of sp³-hybridized carbons (Fsp3) is 0.241. The third-order valence-corrected chi connectivity index (χ3v) is 7.04. The largest absolute Gasteiger partial charge is 0.457 e. The first-order valence-electron chi connectivity index (χ1n) is 11.4. The van der Waals surface area contributed by atoms with Crippen molar-refractivity contribution >= 4 is 40.1 Å². The number of ether oxygens (including phenoxy) is 1. The third kappa shape index (κ3) is 5.56. The van der Waals surface area contributed by atoms with E-state index in [1.165, 1.54) is 16.3 Å². The van der Waals surface area contributed by atoms with E-state index in [1.807, 2.05) is 58.0 Å². The molecule has 1 aliphatic heterocycles. The molecule has 0 aliphatic carbocycles. The van der Waals surface area contributed by atoms with Crippen LogP contribution in [0.25, 0.3) is 10.8 Å². The van der Waals surface area contributed by atoms with Crippen molar-refractivity contribution in [1.82, 2.24) is 5.32 Å². The molecule has 0 unspecified atom stereocenters. The number of nitriles is 1. The highest BCUT2D eigenvalue weighted by atomic mass is 35.5. The number of carbonyl (C=O) groups excluding carboxylic acids is 1. The molecule has 0 saturated carbocycles. The van der Waals surface area contributed by atoms with Gasteiger partial charge in [-0.2, -0.15) is 5.26 Å². The average Bonchev–Trinajstić information content (AvgIpc) is 2.81. The molecule has 0 radical (unpaired) electrons. The number of allylic oxidation sites excluding steroid dienone is 2. The van der Waals surface area contributed by atoms with E-state index in [0.717, 1.165) is 10.6 Å². The monoisotopic (exact) mass is 502 g/mol. The molecule has 0 fully saturated rings. The van der Waals surface area contributed by atoms with Gasteiger partial charge < -0.3 is 10.1 Å². The summed E-state index contributed by atoms with van der Waals surface area (Å²) in [5.41, 5.74) is 2.95. The van der Waals surface area contributed by atoms with E-state index >= 15 is 0 Å². The highest BCUT2D eigenvalue weighted by Crippen LogP contribution is 2.42. The maximum absolute atomic E-state index is 13.3. The fourth-order valence-corrected chi connectivity index (χ4v) is 5.41. The number of carbonyl (C=O) groups is 1. The second-order valence-electron chi connectivity index (χ2n) is 9.43. The van der Waals surface area contributed by atoms with Gasteiger partial charge in [0, 0.05) is 16.5 Å². The van der Waals surface area contributed by atoms with Gasteiger partial charge in [-0.25, -0.2) is 4.79 Å². The van der Waals surface area contributed by atoms with Crippen molar-refractivity contribution in [3.8, 4) is 6.07 Å². The van der Waals surface area contributed by atoms with Gasteiger partial charge in [0.25, 0.3) is 0 Å². The average molecular weight is 503 g/mol. The number of halogens is 1. The minimum Gasteiger partial charge on any atom is -0.457 e. The van der Waals surface area contributed by atoms with Crippen LogP contribution in [0.1, 0.15) is 44.7 Å². The molecule has 1 atom stereocenters. The molecule has 0 spiro atoms. The second kappa shape index (κ2) is 10.2. The topological polar surface area (TPSA) is 62.1 Å². The van der Waals surface area contributed by atoms with Crippen LogP contribution in [-0.2, 0) is 15.3 Å². The first-order valence-corrected chi connectivity index (χ1v) is 12.7. The number of dihydropyridines is 1. The highest BCUT2D eigenvalue weighted by Gasteiger charge is 2.36. The summed E-state index contributed by atoms with van der Waals surface area (Å²) in [4.78, 5) is 13.3. The Kier molecular flexibility index (Phi) is 7.25. The highest BCUT2D eigenvalue weighted by molar-refractivity contribution is 8.02. The van der Waals surface area contributed by atoms with Crippen LogP contribution in [0.3, 0.4) is 0 Å². The molecule has 1 N–H and O–H groups in total. The van der Waals surface area contributed by atoms with E-state index in [0.29, 0.717) is 27.6 Å². The van der Waals surface area contributed by atoms with Gasteiger partial charge in [-0.1, -0.05) is 66.2 Å². The van der Waals surface area contributed by atoms with Crippen LogP contribution in [-0.4, -0.2) is 11.6 Å². The zero-order valence-corrected chi connectivity index (χ0v) is 21.8. The van der Waals surface area contributed by atoms with Crippen molar-refractivity contribution in [1.29, 1.82) is 5.26 Å². The van der Waals surface area contributed by atoms with E-state index in [2.05, 4.69) is 35.7 Å². The van der Waals surface area contributed by atoms with E-state index < -0.39 is 17.5 Å². The summed E-state index contributed by atoms with van der Waals surface area (Å²) in [6, 6.07) is 24.2. The van der Waals surface area contributed by atoms with Gasteiger partial charge in [-0.05, 0) is 61.7 Å². The minimum atomic E-state index is -0.658. The molecule has 0 saturated heterocycles. The lowest BCUT2D eigenvalue weighted by atomic mass is 9.82. The summed E-state index contributed by atoms with van der Waals surface area (Å²) in [5, 5.41) is 17.3. The Morgan fingerprint density at radius 3 is 2.46 bits per heavy atom. The number of hydrogen-bond acceptors (Lipinski definition) is 5. The number of benzene rings is 3. The second-order valence-corrected chi connectivity index (χ2v) is 10.9. The van der Waals surface area contributed by atoms with Gasteiger partial charge in [0.2, 0.25) is 0 Å². The van der Waals surface area contributed by atoms with Crippen molar-refractivity contribution in [2.24, 2.45) is 0 Å². The van der Waals surface area contributed by atoms with Gasteiger partial charge in [0.05, 0.1) is 28.2 Å². The molecule has 3 aromatic rings. The molecule has 178 valence electrons. The smallest absolute Gasteiger partial charge is 0.337 e. The van der Waals surface area contributed by atoms with Crippen LogP contribution in [0, 0.1) is 11.3 Å². The predicted molar refractivity (Wildman–Crippen MR) is 144 cm³/mol. The van der Waals surface area contributed by atoms with Crippen LogP contribution in [0.4, 0.5) is 0 Å². The lowest BCUT2D eigenvalue weighted by Gasteiger charge is -2.31. The van der Waals surface area contributed by atoms with E-state index in [4.69, 9.17) is 16.3 Å². The molecular formula is C29H27ClN2O2S. The summed E-state index contributed by atoms with van der Waals surface area (Å²) < 4.78 is 5.73. The van der Waals surface area contributed by atoms with Gasteiger partial charge in [-0.15, -0.1) is 11.8 Å². The standard InChI is InChI=1S/C29H27ClN2O2S/c1-18-25(28(33)34-29(2,3)4)26(20-12-14-22(30)15-13-20)24(16-31)27(32-18)35-17-21-10-7-9-19-8-5-6-11-23(19)21/h5-15,26,32H,17H2,1-4H3/t26-/m1/s1. The van der Waals surface area contributed by atoms with Crippen LogP contribution >= 0.6 is 23.4 Å². The molecule has 0 amide bonds. The first-order chi connectivity index (χ1) is 16.7. The number of hydrogen-bond donors (Lipinski definition) is 1. The SMILES string of the molecule is CC1=C(C(=O)OC(C)(C)C)[C@H](c2ccc(Cl)cc2)C(C#N)=C(SCc2cccc3ccccc23)N1. The molecule has 4 nitrogen and oxygen atoms in total. The quantitative estimate of drug-likeness (QED) is 0.367. The van der Waals surface area contributed by atoms with Crippen LogP contribution in [0.2, 0.25) is 5.02 Å². The number of esters is 1. The van der Waals surface area contributed by atoms with Crippen molar-refractivity contribution in [2.75, 3.05) is 0 Å². The predicted octanol–water partition coefficient (Wildman–Crippen LogP) is 7.46. The Balaban J connectivity index is 1.74. The van der Waals surface area contributed by atoms with E-state index in [-0.39, 0.29) is 0 Å². The van der Waals surface area contributed by atoms with Gasteiger partial charge in [-0.3, -0.25) is 0 Å². The molecule has 3 aromatic carbocycles. The Bertz CT molecular complexity index is 1370. The zero-order valence-electron chi connectivity index (χ0n) is 20.2. The number of thioether (sulfide) groups is 1. The summed E-state index contributed by atoms with van der Waals surface area (Å²) in [6.07, 6.45) is 0. The number of nitrogens with zero attached hydrogens (tertiary/aromatic N) is 1. The fourth-order valence-electron chi connectivity index (χ4n) is 4.19. The van der Waals surface area contributed by atoms with E-state index in [1.54, 1.807) is 23.9 Å². The number of nitrogens with one attached hydrogen (secondary N) is 1. The first kappa shape index (κ1) is 24.9. The van der Waals surface area contributed by atoms with Crippen LogP contribution in [0.5, 0.6) is 0 Å². The summed E-state index contributed by atoms with van der Waals surface area (Å²) in [7, 11) is 0. The molecule has 1 heterocycles. The van der Waals surface area contributed by atoms with Crippen molar-refractivity contribution in [3.05, 3.63) is 105 Å². The third-order valence-electron chi connectivity index (χ3n) is 5.72. The Labute approximate surface area is 215 Å². The Morgan fingerprint density at radius 2 is 1.77 bits per heavy atom.